The molecule has 0 saturated carbocycles. The lowest BCUT2D eigenvalue weighted by molar-refractivity contribution is 0.0949. The predicted molar refractivity (Wildman–Crippen MR) is 89.5 cm³/mol. The summed E-state index contributed by atoms with van der Waals surface area (Å²) in [5.41, 5.74) is 3.37. The van der Waals surface area contributed by atoms with Gasteiger partial charge >= 0.3 is 0 Å². The van der Waals surface area contributed by atoms with Gasteiger partial charge in [0.2, 0.25) is 0 Å². The van der Waals surface area contributed by atoms with E-state index in [2.05, 4.69) is 26.4 Å². The average Bonchev–Trinajstić information content (AvgIpc) is 3.15. The van der Waals surface area contributed by atoms with Gasteiger partial charge in [-0.05, 0) is 44.4 Å². The summed E-state index contributed by atoms with van der Waals surface area (Å²) in [6.45, 7) is 6.40. The lowest BCUT2D eigenvalue weighted by atomic mass is 10.1. The highest BCUT2D eigenvalue weighted by molar-refractivity contribution is 5.96. The number of nitrogens with zero attached hydrogens (tertiary/aromatic N) is 4. The average molecular weight is 313 g/mol. The molecule has 1 amide bonds. The second kappa shape index (κ2) is 6.40. The number of pyridine rings is 1. The first kappa shape index (κ1) is 15.5. The highest BCUT2D eigenvalue weighted by Gasteiger charge is 2.17. The Hall–Kier alpha value is -2.37. The molecule has 2 aromatic rings. The van der Waals surface area contributed by atoms with Gasteiger partial charge < -0.3 is 10.2 Å². The molecule has 2 aromatic heterocycles. The third-order valence-corrected chi connectivity index (χ3v) is 4.43. The van der Waals surface area contributed by atoms with Gasteiger partial charge in [0.25, 0.3) is 5.91 Å². The van der Waals surface area contributed by atoms with Crippen molar-refractivity contribution in [1.29, 1.82) is 0 Å². The summed E-state index contributed by atoms with van der Waals surface area (Å²) in [6, 6.07) is 4.01. The molecule has 3 heterocycles. The standard InChI is InChI=1S/C17H23N5O/c1-12-16(13(2)21(3)20-12)17(23)19-11-14-6-7-18-15(10-14)22-8-4-5-9-22/h6-7,10H,4-5,8-9,11H2,1-3H3,(H,19,23). The van der Waals surface area contributed by atoms with E-state index in [1.807, 2.05) is 33.2 Å². The predicted octanol–water partition coefficient (Wildman–Crippen LogP) is 1.96. The molecule has 122 valence electrons. The van der Waals surface area contributed by atoms with Crippen molar-refractivity contribution in [2.75, 3.05) is 18.0 Å². The minimum absolute atomic E-state index is 0.0763. The fourth-order valence-corrected chi connectivity index (χ4v) is 3.06. The van der Waals surface area contributed by atoms with Crippen molar-refractivity contribution in [3.63, 3.8) is 0 Å². The van der Waals surface area contributed by atoms with Gasteiger partial charge in [-0.25, -0.2) is 4.98 Å². The number of hydrogen-bond acceptors (Lipinski definition) is 4. The summed E-state index contributed by atoms with van der Waals surface area (Å²) in [5.74, 6) is 0.927. The molecule has 1 aliphatic rings. The van der Waals surface area contributed by atoms with Crippen LogP contribution in [0.3, 0.4) is 0 Å². The first-order valence-corrected chi connectivity index (χ1v) is 8.04. The van der Waals surface area contributed by atoms with E-state index in [4.69, 9.17) is 0 Å². The van der Waals surface area contributed by atoms with E-state index in [0.29, 0.717) is 12.1 Å². The Kier molecular flexibility index (Phi) is 4.32. The van der Waals surface area contributed by atoms with Crippen molar-refractivity contribution in [2.24, 2.45) is 7.05 Å². The summed E-state index contributed by atoms with van der Waals surface area (Å²) >= 11 is 0. The van der Waals surface area contributed by atoms with Gasteiger partial charge in [0, 0.05) is 38.6 Å². The topological polar surface area (TPSA) is 63.1 Å². The van der Waals surface area contributed by atoms with Gasteiger partial charge in [0.1, 0.15) is 5.82 Å². The number of rotatable bonds is 4. The summed E-state index contributed by atoms with van der Waals surface area (Å²) in [5, 5.41) is 7.28. The Labute approximate surface area is 136 Å². The molecule has 3 rings (SSSR count). The molecule has 0 unspecified atom stereocenters. The van der Waals surface area contributed by atoms with Crippen molar-refractivity contribution >= 4 is 11.7 Å². The van der Waals surface area contributed by atoms with Gasteiger partial charge in [-0.2, -0.15) is 5.10 Å². The lowest BCUT2D eigenvalue weighted by Crippen LogP contribution is -2.24. The van der Waals surface area contributed by atoms with Gasteiger partial charge in [-0.3, -0.25) is 9.48 Å². The monoisotopic (exact) mass is 313 g/mol. The van der Waals surface area contributed by atoms with Crippen molar-refractivity contribution in [3.05, 3.63) is 40.8 Å². The van der Waals surface area contributed by atoms with Crippen molar-refractivity contribution in [3.8, 4) is 0 Å². The van der Waals surface area contributed by atoms with Crippen molar-refractivity contribution in [1.82, 2.24) is 20.1 Å². The second-order valence-corrected chi connectivity index (χ2v) is 6.07. The summed E-state index contributed by atoms with van der Waals surface area (Å²) < 4.78 is 1.74. The van der Waals surface area contributed by atoms with Crippen molar-refractivity contribution < 1.29 is 4.79 Å². The maximum atomic E-state index is 12.4. The van der Waals surface area contributed by atoms with Crippen LogP contribution in [0.15, 0.2) is 18.3 Å². The molecule has 0 aliphatic carbocycles. The molecule has 0 bridgehead atoms. The third kappa shape index (κ3) is 3.21. The van der Waals surface area contributed by atoms with E-state index in [-0.39, 0.29) is 5.91 Å². The minimum atomic E-state index is -0.0763. The van der Waals surface area contributed by atoms with Gasteiger partial charge in [0.05, 0.1) is 11.3 Å². The second-order valence-electron chi connectivity index (χ2n) is 6.07. The Morgan fingerprint density at radius 1 is 1.30 bits per heavy atom. The number of amides is 1. The number of aromatic nitrogens is 3. The van der Waals surface area contributed by atoms with Crippen LogP contribution < -0.4 is 10.2 Å². The Morgan fingerprint density at radius 2 is 2.04 bits per heavy atom. The molecule has 1 aliphatic heterocycles. The number of carbonyl (C=O) groups is 1. The maximum absolute atomic E-state index is 12.4. The van der Waals surface area contributed by atoms with E-state index in [0.717, 1.165) is 35.9 Å². The zero-order valence-corrected chi connectivity index (χ0v) is 14.0. The number of anilines is 1. The van der Waals surface area contributed by atoms with Crippen LogP contribution in [0.2, 0.25) is 0 Å². The minimum Gasteiger partial charge on any atom is -0.357 e. The van der Waals surface area contributed by atoms with Crippen LogP contribution in [-0.2, 0) is 13.6 Å². The first-order valence-electron chi connectivity index (χ1n) is 8.04. The highest BCUT2D eigenvalue weighted by atomic mass is 16.1. The SMILES string of the molecule is Cc1nn(C)c(C)c1C(=O)NCc1ccnc(N2CCCC2)c1. The molecule has 23 heavy (non-hydrogen) atoms. The molecular formula is C17H23N5O. The van der Waals surface area contributed by atoms with Crippen LogP contribution in [0.4, 0.5) is 5.82 Å². The number of carbonyl (C=O) groups excluding carboxylic acids is 1. The molecule has 6 nitrogen and oxygen atoms in total. The molecule has 1 fully saturated rings. The smallest absolute Gasteiger partial charge is 0.255 e. The quantitative estimate of drug-likeness (QED) is 0.937. The normalized spacial score (nSPS) is 14.3. The Balaban J connectivity index is 1.68. The van der Waals surface area contributed by atoms with Crippen LogP contribution in [0.25, 0.3) is 0 Å². The molecule has 0 aromatic carbocycles. The highest BCUT2D eigenvalue weighted by Crippen LogP contribution is 2.18. The van der Waals surface area contributed by atoms with Crippen LogP contribution in [0.1, 0.15) is 40.2 Å². The summed E-state index contributed by atoms with van der Waals surface area (Å²) in [7, 11) is 1.85. The molecule has 0 radical (unpaired) electrons. The first-order chi connectivity index (χ1) is 11.1. The Morgan fingerprint density at radius 3 is 2.70 bits per heavy atom. The van der Waals surface area contributed by atoms with Gasteiger partial charge in [-0.1, -0.05) is 0 Å². The summed E-state index contributed by atoms with van der Waals surface area (Å²) in [4.78, 5) is 19.2. The van der Waals surface area contributed by atoms with E-state index >= 15 is 0 Å². The van der Waals surface area contributed by atoms with Crippen molar-refractivity contribution in [2.45, 2.75) is 33.2 Å². The van der Waals surface area contributed by atoms with Crippen LogP contribution in [-0.4, -0.2) is 33.8 Å². The van der Waals surface area contributed by atoms with E-state index in [1.165, 1.54) is 12.8 Å². The Bertz CT molecular complexity index is 716. The van der Waals surface area contributed by atoms with Gasteiger partial charge in [-0.15, -0.1) is 0 Å². The zero-order valence-electron chi connectivity index (χ0n) is 14.0. The largest absolute Gasteiger partial charge is 0.357 e. The number of aryl methyl sites for hydroxylation is 2. The van der Waals surface area contributed by atoms with Crippen LogP contribution in [0, 0.1) is 13.8 Å². The molecule has 1 saturated heterocycles. The van der Waals surface area contributed by atoms with Gasteiger partial charge in [0.15, 0.2) is 0 Å². The molecule has 6 heteroatoms. The molecule has 1 N–H and O–H groups in total. The fourth-order valence-electron chi connectivity index (χ4n) is 3.06. The zero-order chi connectivity index (χ0) is 16.4. The van der Waals surface area contributed by atoms with Crippen LogP contribution in [0.5, 0.6) is 0 Å². The van der Waals surface area contributed by atoms with E-state index in [1.54, 1.807) is 4.68 Å². The van der Waals surface area contributed by atoms with E-state index < -0.39 is 0 Å². The molecular weight excluding hydrogens is 290 g/mol. The fraction of sp³-hybridized carbons (Fsp3) is 0.471. The lowest BCUT2D eigenvalue weighted by Gasteiger charge is -2.17. The summed E-state index contributed by atoms with van der Waals surface area (Å²) in [6.07, 6.45) is 4.26. The molecule has 0 spiro atoms. The molecule has 0 atom stereocenters. The van der Waals surface area contributed by atoms with Crippen LogP contribution >= 0.6 is 0 Å². The van der Waals surface area contributed by atoms with E-state index in [9.17, 15) is 4.79 Å². The number of hydrogen-bond donors (Lipinski definition) is 1. The maximum Gasteiger partial charge on any atom is 0.255 e. The third-order valence-electron chi connectivity index (χ3n) is 4.43. The number of nitrogens with one attached hydrogen (secondary N) is 1.